The number of aryl methyl sites for hydroxylation is 1. The van der Waals surface area contributed by atoms with Gasteiger partial charge in [-0.2, -0.15) is 0 Å². The van der Waals surface area contributed by atoms with E-state index in [2.05, 4.69) is 4.98 Å². The zero-order valence-corrected chi connectivity index (χ0v) is 15.2. The van der Waals surface area contributed by atoms with Crippen molar-refractivity contribution in [3.05, 3.63) is 65.3 Å². The van der Waals surface area contributed by atoms with Gasteiger partial charge in [0.2, 0.25) is 0 Å². The zero-order chi connectivity index (χ0) is 19.1. The first-order valence-corrected chi connectivity index (χ1v) is 8.94. The predicted molar refractivity (Wildman–Crippen MR) is 101 cm³/mol. The van der Waals surface area contributed by atoms with Gasteiger partial charge in [0.1, 0.15) is 23.3 Å². The van der Waals surface area contributed by atoms with Crippen molar-refractivity contribution >= 4 is 28.4 Å². The van der Waals surface area contributed by atoms with Crippen LogP contribution in [0.3, 0.4) is 0 Å². The quantitative estimate of drug-likeness (QED) is 0.418. The van der Waals surface area contributed by atoms with E-state index in [1.54, 1.807) is 25.3 Å². The van der Waals surface area contributed by atoms with Gasteiger partial charge >= 0.3 is 0 Å². The zero-order valence-electron chi connectivity index (χ0n) is 15.2. The Morgan fingerprint density at radius 2 is 2.00 bits per heavy atom. The van der Waals surface area contributed by atoms with Gasteiger partial charge in [-0.3, -0.25) is 9.59 Å². The number of nitrogens with one attached hydrogen (secondary N) is 1. The number of aromatic amines is 1. The van der Waals surface area contributed by atoms with Crippen molar-refractivity contribution in [2.75, 3.05) is 6.54 Å². The average Bonchev–Trinajstić information content (AvgIpc) is 3.34. The number of furan rings is 1. The Kier molecular flexibility index (Phi) is 4.11. The molecule has 1 saturated heterocycles. The molecule has 1 atom stereocenters. The number of H-pyrrole nitrogens is 1. The molecule has 4 rings (SSSR count). The molecule has 1 unspecified atom stereocenters. The van der Waals surface area contributed by atoms with Crippen LogP contribution in [0.5, 0.6) is 0 Å². The Morgan fingerprint density at radius 3 is 2.70 bits per heavy atom. The number of likely N-dealkylation sites (tertiary alicyclic amines) is 1. The number of Topliss-reactive ketones (excluding diaryl/α,β-unsaturated/α-hetero) is 1. The number of ketones is 1. The number of aliphatic hydroxyl groups excluding tert-OH is 1. The summed E-state index contributed by atoms with van der Waals surface area (Å²) in [7, 11) is 0. The molecule has 1 fully saturated rings. The molecule has 0 saturated carbocycles. The number of aromatic nitrogens is 1. The monoisotopic (exact) mass is 364 g/mol. The van der Waals surface area contributed by atoms with Gasteiger partial charge in [0, 0.05) is 29.2 Å². The maximum absolute atomic E-state index is 12.8. The smallest absolute Gasteiger partial charge is 0.295 e. The van der Waals surface area contributed by atoms with E-state index in [9.17, 15) is 14.7 Å². The van der Waals surface area contributed by atoms with Crippen LogP contribution in [0.15, 0.2) is 52.6 Å². The van der Waals surface area contributed by atoms with Crippen molar-refractivity contribution in [1.29, 1.82) is 0 Å². The second-order valence-corrected chi connectivity index (χ2v) is 6.69. The normalized spacial score (nSPS) is 19.3. The third kappa shape index (κ3) is 2.65. The summed E-state index contributed by atoms with van der Waals surface area (Å²) in [4.78, 5) is 30.0. The number of fused-ring (bicyclic) bond motifs is 1. The van der Waals surface area contributed by atoms with Crippen LogP contribution in [0.4, 0.5) is 0 Å². The lowest BCUT2D eigenvalue weighted by Gasteiger charge is -2.22. The Labute approximate surface area is 156 Å². The number of aliphatic hydroxyl groups is 1. The summed E-state index contributed by atoms with van der Waals surface area (Å²) in [5, 5.41) is 11.8. The first-order chi connectivity index (χ1) is 13.0. The molecule has 2 N–H and O–H groups in total. The Bertz CT molecular complexity index is 1070. The van der Waals surface area contributed by atoms with Crippen molar-refractivity contribution in [2.24, 2.45) is 0 Å². The van der Waals surface area contributed by atoms with E-state index in [1.165, 1.54) is 4.90 Å². The van der Waals surface area contributed by atoms with Crippen LogP contribution in [-0.2, 0) is 9.59 Å². The highest BCUT2D eigenvalue weighted by Crippen LogP contribution is 2.41. The Hall–Kier alpha value is -3.28. The van der Waals surface area contributed by atoms with E-state index in [0.29, 0.717) is 30.0 Å². The molecule has 0 radical (unpaired) electrons. The molecular formula is C21H20N2O4. The number of rotatable bonds is 4. The summed E-state index contributed by atoms with van der Waals surface area (Å²) < 4.78 is 5.73. The number of hydrogen-bond donors (Lipinski definition) is 2. The molecular weight excluding hydrogens is 344 g/mol. The fourth-order valence-electron chi connectivity index (χ4n) is 3.66. The number of nitrogens with zero attached hydrogens (tertiary/aromatic N) is 1. The van der Waals surface area contributed by atoms with Gasteiger partial charge in [-0.05, 0) is 31.5 Å². The van der Waals surface area contributed by atoms with Crippen LogP contribution in [0, 0.1) is 6.92 Å². The number of hydrogen-bond acceptors (Lipinski definition) is 4. The van der Waals surface area contributed by atoms with Crippen molar-refractivity contribution in [3.63, 3.8) is 0 Å². The van der Waals surface area contributed by atoms with Crippen LogP contribution < -0.4 is 0 Å². The maximum atomic E-state index is 12.8. The second kappa shape index (κ2) is 6.46. The number of carbonyl (C=O) groups excluding carboxylic acids is 2. The topological polar surface area (TPSA) is 86.5 Å². The predicted octanol–water partition coefficient (Wildman–Crippen LogP) is 3.90. The van der Waals surface area contributed by atoms with Gasteiger partial charge in [-0.25, -0.2) is 0 Å². The van der Waals surface area contributed by atoms with Crippen LogP contribution in [0.1, 0.15) is 36.5 Å². The lowest BCUT2D eigenvalue weighted by Crippen LogP contribution is -2.30. The van der Waals surface area contributed by atoms with Gasteiger partial charge in [0.15, 0.2) is 0 Å². The van der Waals surface area contributed by atoms with Crippen molar-refractivity contribution < 1.29 is 19.1 Å². The van der Waals surface area contributed by atoms with E-state index in [0.717, 1.165) is 10.9 Å². The third-order valence-electron chi connectivity index (χ3n) is 4.88. The standard InChI is InChI=1S/C21H20N2O4/c1-3-10-23-18(16-9-8-12(2)27-16)17(20(25)21(23)26)19(24)14-11-22-15-7-5-4-6-13(14)15/h4-9,11,18,22,24H,3,10H2,1-2H3/b19-17-. The summed E-state index contributed by atoms with van der Waals surface area (Å²) in [5.41, 5.74) is 1.40. The SMILES string of the molecule is CCCN1C(=O)C(=O)/C(=C(\O)c2c[nH]c3ccccc23)C1c1ccc(C)o1. The van der Waals surface area contributed by atoms with E-state index in [-0.39, 0.29) is 11.3 Å². The molecule has 138 valence electrons. The van der Waals surface area contributed by atoms with Crippen molar-refractivity contribution in [3.8, 4) is 0 Å². The summed E-state index contributed by atoms with van der Waals surface area (Å²) in [6.07, 6.45) is 2.34. The number of benzene rings is 1. The number of amides is 1. The van der Waals surface area contributed by atoms with E-state index >= 15 is 0 Å². The molecule has 1 aromatic carbocycles. The molecule has 3 aromatic rings. The first-order valence-electron chi connectivity index (χ1n) is 8.94. The Morgan fingerprint density at radius 1 is 1.22 bits per heavy atom. The molecule has 1 aliphatic heterocycles. The fraction of sp³-hybridized carbons (Fsp3) is 0.238. The Balaban J connectivity index is 1.93. The largest absolute Gasteiger partial charge is 0.507 e. The molecule has 3 heterocycles. The van der Waals surface area contributed by atoms with Gasteiger partial charge in [0.25, 0.3) is 11.7 Å². The number of para-hydroxylation sites is 1. The lowest BCUT2D eigenvalue weighted by molar-refractivity contribution is -0.140. The number of carbonyl (C=O) groups is 2. The summed E-state index contributed by atoms with van der Waals surface area (Å²) in [6, 6.07) is 10.3. The summed E-state index contributed by atoms with van der Waals surface area (Å²) >= 11 is 0. The maximum Gasteiger partial charge on any atom is 0.295 e. The molecule has 0 spiro atoms. The third-order valence-corrected chi connectivity index (χ3v) is 4.88. The second-order valence-electron chi connectivity index (χ2n) is 6.69. The highest BCUT2D eigenvalue weighted by atomic mass is 16.3. The average molecular weight is 364 g/mol. The van der Waals surface area contributed by atoms with Gasteiger partial charge in [-0.15, -0.1) is 0 Å². The molecule has 0 aliphatic carbocycles. The van der Waals surface area contributed by atoms with Gasteiger partial charge in [0.05, 0.1) is 5.57 Å². The fourth-order valence-corrected chi connectivity index (χ4v) is 3.66. The minimum atomic E-state index is -0.729. The van der Waals surface area contributed by atoms with E-state index in [1.807, 2.05) is 31.2 Å². The molecule has 1 aliphatic rings. The minimum absolute atomic E-state index is 0.0625. The lowest BCUT2D eigenvalue weighted by atomic mass is 9.99. The van der Waals surface area contributed by atoms with Crippen LogP contribution >= 0.6 is 0 Å². The van der Waals surface area contributed by atoms with Crippen molar-refractivity contribution in [1.82, 2.24) is 9.88 Å². The molecule has 27 heavy (non-hydrogen) atoms. The molecule has 2 aromatic heterocycles. The molecule has 6 nitrogen and oxygen atoms in total. The van der Waals surface area contributed by atoms with Gasteiger partial charge in [-0.1, -0.05) is 25.1 Å². The molecule has 6 heteroatoms. The van der Waals surface area contributed by atoms with E-state index in [4.69, 9.17) is 4.42 Å². The molecule has 0 bridgehead atoms. The highest BCUT2D eigenvalue weighted by Gasteiger charge is 2.47. The van der Waals surface area contributed by atoms with Crippen LogP contribution in [-0.4, -0.2) is 33.2 Å². The summed E-state index contributed by atoms with van der Waals surface area (Å²) in [5.74, 6) is -0.341. The minimum Gasteiger partial charge on any atom is -0.507 e. The van der Waals surface area contributed by atoms with Crippen LogP contribution in [0.25, 0.3) is 16.7 Å². The first kappa shape index (κ1) is 17.1. The summed E-state index contributed by atoms with van der Waals surface area (Å²) in [6.45, 7) is 4.14. The van der Waals surface area contributed by atoms with Crippen molar-refractivity contribution in [2.45, 2.75) is 26.3 Å². The van der Waals surface area contributed by atoms with Gasteiger partial charge < -0.3 is 19.4 Å². The van der Waals surface area contributed by atoms with E-state index < -0.39 is 17.7 Å². The van der Waals surface area contributed by atoms with Crippen LogP contribution in [0.2, 0.25) is 0 Å². The highest BCUT2D eigenvalue weighted by molar-refractivity contribution is 6.46. The molecule has 1 amide bonds.